The maximum absolute atomic E-state index is 12.3. The molecule has 0 aliphatic heterocycles. The van der Waals surface area contributed by atoms with E-state index in [1.807, 2.05) is 24.3 Å². The molecular weight excluding hydrogens is 575 g/mol. The Morgan fingerprint density at radius 3 is 2.58 bits per heavy atom. The van der Waals surface area contributed by atoms with Crippen molar-refractivity contribution < 1.29 is 9.53 Å². The minimum absolute atomic E-state index is 0.00961. The summed E-state index contributed by atoms with van der Waals surface area (Å²) >= 11 is 8.94. The van der Waals surface area contributed by atoms with Gasteiger partial charge in [-0.1, -0.05) is 28.6 Å². The van der Waals surface area contributed by atoms with Crippen LogP contribution in [0.15, 0.2) is 63.6 Å². The van der Waals surface area contributed by atoms with E-state index in [1.54, 1.807) is 30.4 Å². The van der Waals surface area contributed by atoms with E-state index in [4.69, 9.17) is 4.74 Å². The molecule has 0 aliphatic rings. The molecule has 0 aromatic heterocycles. The summed E-state index contributed by atoms with van der Waals surface area (Å²) in [6, 6.07) is 12.7. The molecule has 1 N–H and O–H groups in total. The van der Waals surface area contributed by atoms with Crippen LogP contribution in [0.1, 0.15) is 5.56 Å². The number of ether oxygens (including phenoxy) is 1. The molecule has 4 nitrogen and oxygen atoms in total. The number of carbonyl (C=O) groups excluding carboxylic acids is 1. The third kappa shape index (κ3) is 5.69. The van der Waals surface area contributed by atoms with Gasteiger partial charge in [-0.25, -0.2) is 0 Å². The number of nitriles is 1. The molecule has 0 bridgehead atoms. The molecule has 0 aliphatic carbocycles. The Morgan fingerprint density at radius 2 is 2.00 bits per heavy atom. The number of carbonyl (C=O) groups is 1. The molecule has 0 saturated heterocycles. The smallest absolute Gasteiger partial charge is 0.266 e. The highest BCUT2D eigenvalue weighted by atomic mass is 127. The van der Waals surface area contributed by atoms with Crippen LogP contribution in [0.2, 0.25) is 0 Å². The van der Waals surface area contributed by atoms with Crippen LogP contribution in [-0.4, -0.2) is 12.5 Å². The van der Waals surface area contributed by atoms with Crippen LogP contribution in [0.4, 0.5) is 5.69 Å². The lowest BCUT2D eigenvalue weighted by Crippen LogP contribution is -2.13. The third-order valence-electron chi connectivity index (χ3n) is 3.14. The maximum atomic E-state index is 12.3. The summed E-state index contributed by atoms with van der Waals surface area (Å²) in [6.07, 6.45) is 3.20. The van der Waals surface area contributed by atoms with E-state index in [2.05, 4.69) is 66.3 Å². The molecular formula is C19H13Br2IN2O2. The zero-order valence-corrected chi connectivity index (χ0v) is 18.8. The Kier molecular flexibility index (Phi) is 7.87. The molecule has 0 saturated carbocycles. The molecule has 0 radical (unpaired) electrons. The van der Waals surface area contributed by atoms with E-state index in [1.165, 1.54) is 0 Å². The van der Waals surface area contributed by atoms with Crippen LogP contribution < -0.4 is 10.1 Å². The Bertz CT molecular complexity index is 880. The minimum Gasteiger partial charge on any atom is -0.487 e. The number of hydrogen-bond donors (Lipinski definition) is 1. The second-order valence-electron chi connectivity index (χ2n) is 5.04. The molecule has 1 amide bonds. The summed E-state index contributed by atoms with van der Waals surface area (Å²) in [5, 5.41) is 12.1. The quantitative estimate of drug-likeness (QED) is 0.197. The van der Waals surface area contributed by atoms with Crippen LogP contribution >= 0.6 is 54.5 Å². The zero-order valence-electron chi connectivity index (χ0n) is 13.4. The second kappa shape index (κ2) is 9.90. The van der Waals surface area contributed by atoms with Gasteiger partial charge in [0.05, 0.1) is 8.04 Å². The van der Waals surface area contributed by atoms with Crippen molar-refractivity contribution in [3.63, 3.8) is 0 Å². The van der Waals surface area contributed by atoms with E-state index in [9.17, 15) is 10.1 Å². The molecule has 132 valence electrons. The topological polar surface area (TPSA) is 62.1 Å². The van der Waals surface area contributed by atoms with Gasteiger partial charge in [0, 0.05) is 10.2 Å². The lowest BCUT2D eigenvalue weighted by molar-refractivity contribution is -0.112. The Balaban J connectivity index is 2.24. The SMILES string of the molecule is C=CCOc1c(Br)cc(/C=C(/C#N)C(=O)Nc2ccc(Br)cc2)cc1I. The number of rotatable bonds is 6. The number of anilines is 1. The van der Waals surface area contributed by atoms with Gasteiger partial charge in [0.1, 0.15) is 24.0 Å². The number of nitrogens with zero attached hydrogens (tertiary/aromatic N) is 1. The molecule has 26 heavy (non-hydrogen) atoms. The van der Waals surface area contributed by atoms with E-state index in [0.29, 0.717) is 18.0 Å². The fourth-order valence-corrected chi connectivity index (χ4v) is 4.02. The van der Waals surface area contributed by atoms with E-state index < -0.39 is 5.91 Å². The molecule has 0 unspecified atom stereocenters. The number of amides is 1. The molecule has 0 fully saturated rings. The first-order chi connectivity index (χ1) is 12.4. The molecule has 0 atom stereocenters. The van der Waals surface area contributed by atoms with Crippen molar-refractivity contribution in [2.75, 3.05) is 11.9 Å². The number of benzene rings is 2. The summed E-state index contributed by atoms with van der Waals surface area (Å²) in [5.41, 5.74) is 1.34. The van der Waals surface area contributed by atoms with Gasteiger partial charge in [-0.3, -0.25) is 4.79 Å². The third-order valence-corrected chi connectivity index (χ3v) is 5.06. The number of nitrogens with one attached hydrogen (secondary N) is 1. The standard InChI is InChI=1S/C19H13Br2IN2O2/c1-2-7-26-18-16(21)9-12(10-17(18)22)8-13(11-23)19(25)24-15-5-3-14(20)4-6-15/h2-6,8-10H,1,7H2,(H,24,25)/b13-8-. The van der Waals surface area contributed by atoms with Crippen molar-refractivity contribution in [1.29, 1.82) is 5.26 Å². The number of hydrogen-bond acceptors (Lipinski definition) is 3. The summed E-state index contributed by atoms with van der Waals surface area (Å²) in [6.45, 7) is 4.02. The van der Waals surface area contributed by atoms with Crippen LogP contribution in [0.5, 0.6) is 5.75 Å². The fraction of sp³-hybridized carbons (Fsp3) is 0.0526. The predicted octanol–water partition coefficient (Wildman–Crippen LogP) is 5.93. The van der Waals surface area contributed by atoms with Gasteiger partial charge in [0.15, 0.2) is 0 Å². The van der Waals surface area contributed by atoms with Gasteiger partial charge in [-0.05, 0) is 86.6 Å². The molecule has 0 heterocycles. The van der Waals surface area contributed by atoms with Crippen molar-refractivity contribution in [2.45, 2.75) is 0 Å². The largest absolute Gasteiger partial charge is 0.487 e. The molecule has 2 aromatic carbocycles. The van der Waals surface area contributed by atoms with E-state index >= 15 is 0 Å². The van der Waals surface area contributed by atoms with Crippen LogP contribution in [0, 0.1) is 14.9 Å². The van der Waals surface area contributed by atoms with Gasteiger partial charge in [-0.15, -0.1) is 0 Å². The highest BCUT2D eigenvalue weighted by Gasteiger charge is 2.12. The fourth-order valence-electron chi connectivity index (χ4n) is 1.99. The van der Waals surface area contributed by atoms with E-state index in [-0.39, 0.29) is 5.57 Å². The zero-order chi connectivity index (χ0) is 19.1. The Labute approximate surface area is 182 Å². The first-order valence-corrected chi connectivity index (χ1v) is 10.0. The van der Waals surface area contributed by atoms with Crippen molar-refractivity contribution >= 4 is 72.1 Å². The lowest BCUT2D eigenvalue weighted by Gasteiger charge is -2.10. The van der Waals surface area contributed by atoms with Crippen molar-refractivity contribution in [3.05, 3.63) is 72.7 Å². The Morgan fingerprint density at radius 1 is 1.31 bits per heavy atom. The average molecular weight is 588 g/mol. The van der Waals surface area contributed by atoms with Crippen LogP contribution in [-0.2, 0) is 4.79 Å². The molecule has 0 spiro atoms. The summed E-state index contributed by atoms with van der Waals surface area (Å²) in [5.74, 6) is 0.230. The molecule has 2 aromatic rings. The van der Waals surface area contributed by atoms with Gasteiger partial charge in [-0.2, -0.15) is 5.26 Å². The first-order valence-electron chi connectivity index (χ1n) is 7.36. The van der Waals surface area contributed by atoms with Gasteiger partial charge in [0.2, 0.25) is 0 Å². The first kappa shape index (κ1) is 20.7. The van der Waals surface area contributed by atoms with Crippen molar-refractivity contribution in [3.8, 4) is 11.8 Å². The molecule has 7 heteroatoms. The average Bonchev–Trinajstić information content (AvgIpc) is 2.61. The highest BCUT2D eigenvalue weighted by Crippen LogP contribution is 2.32. The summed E-state index contributed by atoms with van der Waals surface area (Å²) in [7, 11) is 0. The van der Waals surface area contributed by atoms with Gasteiger partial charge >= 0.3 is 0 Å². The van der Waals surface area contributed by atoms with Crippen LogP contribution in [0.3, 0.4) is 0 Å². The highest BCUT2D eigenvalue weighted by molar-refractivity contribution is 14.1. The lowest BCUT2D eigenvalue weighted by atomic mass is 10.1. The number of halogens is 3. The normalized spacial score (nSPS) is 10.8. The molecule has 2 rings (SSSR count). The minimum atomic E-state index is -0.465. The maximum Gasteiger partial charge on any atom is 0.266 e. The van der Waals surface area contributed by atoms with Crippen LogP contribution in [0.25, 0.3) is 6.08 Å². The van der Waals surface area contributed by atoms with E-state index in [0.717, 1.165) is 18.1 Å². The van der Waals surface area contributed by atoms with Crippen molar-refractivity contribution in [1.82, 2.24) is 0 Å². The second-order valence-corrected chi connectivity index (χ2v) is 7.98. The summed E-state index contributed by atoms with van der Waals surface area (Å²) in [4.78, 5) is 12.3. The van der Waals surface area contributed by atoms with Gasteiger partial charge in [0.25, 0.3) is 5.91 Å². The van der Waals surface area contributed by atoms with Crippen molar-refractivity contribution in [2.24, 2.45) is 0 Å². The monoisotopic (exact) mass is 586 g/mol. The van der Waals surface area contributed by atoms with Gasteiger partial charge < -0.3 is 10.1 Å². The summed E-state index contributed by atoms with van der Waals surface area (Å²) < 4.78 is 8.10. The Hall–Kier alpha value is -1.63. The predicted molar refractivity (Wildman–Crippen MR) is 119 cm³/mol.